The van der Waals surface area contributed by atoms with Crippen molar-refractivity contribution in [1.82, 2.24) is 9.78 Å². The Morgan fingerprint density at radius 2 is 1.89 bits per heavy atom. The number of aromatic nitrogens is 2. The van der Waals surface area contributed by atoms with Crippen molar-refractivity contribution in [3.05, 3.63) is 88.3 Å². The third kappa shape index (κ3) is 4.12. The van der Waals surface area contributed by atoms with Gasteiger partial charge in [-0.25, -0.2) is 9.48 Å². The van der Waals surface area contributed by atoms with Gasteiger partial charge in [-0.05, 0) is 54.2 Å². The lowest BCUT2D eigenvalue weighted by Crippen LogP contribution is -2.37. The Kier molecular flexibility index (Phi) is 5.31. The maximum absolute atomic E-state index is 13.3. The molecule has 0 unspecified atom stereocenters. The maximum Gasteiger partial charge on any atom is 0.335 e. The molecule has 1 amide bonds. The van der Waals surface area contributed by atoms with Crippen molar-refractivity contribution in [3.8, 4) is 0 Å². The fourth-order valence-electron chi connectivity index (χ4n) is 4.91. The van der Waals surface area contributed by atoms with Crippen LogP contribution in [0.2, 0.25) is 0 Å². The van der Waals surface area contributed by atoms with Crippen LogP contribution in [0.25, 0.3) is 0 Å². The number of carboxylic acids is 1. The predicted molar refractivity (Wildman–Crippen MR) is 132 cm³/mol. The number of nitrogens with zero attached hydrogens (tertiary/aromatic N) is 2. The SMILES string of the molecule is Cc1cccc(NC(=O)c2cnn3c2NC2=C(C(=O)CC(C)(C)C2)[C@@H]3c2ccc(C(=O)O)cc2)c1. The van der Waals surface area contributed by atoms with Crippen molar-refractivity contribution in [2.24, 2.45) is 5.41 Å². The van der Waals surface area contributed by atoms with Gasteiger partial charge >= 0.3 is 5.97 Å². The summed E-state index contributed by atoms with van der Waals surface area (Å²) in [5, 5.41) is 20.1. The quantitative estimate of drug-likeness (QED) is 0.505. The number of hydrogen-bond acceptors (Lipinski definition) is 5. The predicted octanol–water partition coefficient (Wildman–Crippen LogP) is 4.80. The molecule has 1 aliphatic heterocycles. The molecule has 5 rings (SSSR count). The van der Waals surface area contributed by atoms with Crippen molar-refractivity contribution in [3.63, 3.8) is 0 Å². The maximum atomic E-state index is 13.3. The Labute approximate surface area is 202 Å². The van der Waals surface area contributed by atoms with Gasteiger partial charge in [-0.1, -0.05) is 38.1 Å². The summed E-state index contributed by atoms with van der Waals surface area (Å²) in [6.45, 7) is 6.05. The van der Waals surface area contributed by atoms with Gasteiger partial charge in [0, 0.05) is 23.4 Å². The Morgan fingerprint density at radius 3 is 2.57 bits per heavy atom. The molecule has 3 aromatic rings. The number of hydrogen-bond donors (Lipinski definition) is 3. The Hall–Kier alpha value is -4.20. The first-order valence-corrected chi connectivity index (χ1v) is 11.4. The van der Waals surface area contributed by atoms with E-state index in [1.54, 1.807) is 16.8 Å². The van der Waals surface area contributed by atoms with Gasteiger partial charge in [0.05, 0.1) is 11.8 Å². The Morgan fingerprint density at radius 1 is 1.14 bits per heavy atom. The van der Waals surface area contributed by atoms with Crippen LogP contribution in [0.15, 0.2) is 66.0 Å². The number of anilines is 2. The number of Topliss-reactive ketones (excluding diaryl/α,β-unsaturated/α-hetero) is 1. The van der Waals surface area contributed by atoms with E-state index in [4.69, 9.17) is 0 Å². The van der Waals surface area contributed by atoms with E-state index in [1.807, 2.05) is 45.0 Å². The number of carbonyl (C=O) groups is 3. The molecule has 2 aliphatic rings. The molecule has 8 heteroatoms. The number of allylic oxidation sites excluding steroid dienone is 2. The summed E-state index contributed by atoms with van der Waals surface area (Å²) < 4.78 is 1.65. The van der Waals surface area contributed by atoms with Crippen LogP contribution in [0.1, 0.15) is 64.6 Å². The number of nitrogens with one attached hydrogen (secondary N) is 2. The summed E-state index contributed by atoms with van der Waals surface area (Å²) in [5.74, 6) is -0.809. The number of aromatic carboxylic acids is 1. The third-order valence-corrected chi connectivity index (χ3v) is 6.50. The second kappa shape index (κ2) is 8.23. The molecule has 178 valence electrons. The van der Waals surface area contributed by atoms with E-state index >= 15 is 0 Å². The van der Waals surface area contributed by atoms with E-state index in [2.05, 4.69) is 15.7 Å². The minimum absolute atomic E-state index is 0.0166. The lowest BCUT2D eigenvalue weighted by molar-refractivity contribution is -0.118. The number of carboxylic acid groups (broad SMARTS) is 1. The van der Waals surface area contributed by atoms with Crippen LogP contribution in [0, 0.1) is 12.3 Å². The van der Waals surface area contributed by atoms with E-state index in [0.29, 0.717) is 35.5 Å². The van der Waals surface area contributed by atoms with Gasteiger partial charge in [0.1, 0.15) is 17.4 Å². The van der Waals surface area contributed by atoms with Crippen molar-refractivity contribution in [1.29, 1.82) is 0 Å². The van der Waals surface area contributed by atoms with Crippen LogP contribution in [-0.2, 0) is 4.79 Å². The van der Waals surface area contributed by atoms with Crippen molar-refractivity contribution in [2.45, 2.75) is 39.7 Å². The number of aryl methyl sites for hydroxylation is 1. The molecule has 0 saturated heterocycles. The van der Waals surface area contributed by atoms with Crippen LogP contribution in [-0.4, -0.2) is 32.5 Å². The number of amides is 1. The van der Waals surface area contributed by atoms with Crippen LogP contribution < -0.4 is 10.6 Å². The lowest BCUT2D eigenvalue weighted by atomic mass is 9.73. The van der Waals surface area contributed by atoms with Crippen molar-refractivity contribution in [2.75, 3.05) is 10.6 Å². The molecule has 0 saturated carbocycles. The van der Waals surface area contributed by atoms with E-state index < -0.39 is 12.0 Å². The summed E-state index contributed by atoms with van der Waals surface area (Å²) in [6.07, 6.45) is 2.54. The van der Waals surface area contributed by atoms with Crippen LogP contribution >= 0.6 is 0 Å². The monoisotopic (exact) mass is 470 g/mol. The van der Waals surface area contributed by atoms with Gasteiger partial charge in [0.15, 0.2) is 5.78 Å². The second-order valence-corrected chi connectivity index (χ2v) is 9.96. The number of rotatable bonds is 4. The van der Waals surface area contributed by atoms with Gasteiger partial charge in [-0.15, -0.1) is 0 Å². The number of ketones is 1. The molecule has 0 radical (unpaired) electrons. The molecule has 2 aromatic carbocycles. The normalized spacial score (nSPS) is 18.4. The Balaban J connectivity index is 1.59. The van der Waals surface area contributed by atoms with Gasteiger partial charge in [0.25, 0.3) is 5.91 Å². The summed E-state index contributed by atoms with van der Waals surface area (Å²) in [6, 6.07) is 13.4. The minimum Gasteiger partial charge on any atom is -0.478 e. The molecule has 2 heterocycles. The largest absolute Gasteiger partial charge is 0.478 e. The molecule has 1 atom stereocenters. The number of carbonyl (C=O) groups excluding carboxylic acids is 2. The summed E-state index contributed by atoms with van der Waals surface area (Å²) in [4.78, 5) is 37.9. The minimum atomic E-state index is -1.02. The molecule has 0 fully saturated rings. The van der Waals surface area contributed by atoms with E-state index in [9.17, 15) is 19.5 Å². The molecule has 1 aliphatic carbocycles. The molecule has 0 spiro atoms. The number of fused-ring (bicyclic) bond motifs is 1. The molecule has 3 N–H and O–H groups in total. The lowest BCUT2D eigenvalue weighted by Gasteiger charge is -2.39. The topological polar surface area (TPSA) is 113 Å². The highest BCUT2D eigenvalue weighted by Crippen LogP contribution is 2.46. The molecule has 35 heavy (non-hydrogen) atoms. The zero-order valence-electron chi connectivity index (χ0n) is 19.8. The van der Waals surface area contributed by atoms with Gasteiger partial charge in [-0.3, -0.25) is 9.59 Å². The van der Waals surface area contributed by atoms with Crippen LogP contribution in [0.5, 0.6) is 0 Å². The fourth-order valence-corrected chi connectivity index (χ4v) is 4.91. The molecule has 0 bridgehead atoms. The van der Waals surface area contributed by atoms with E-state index in [0.717, 1.165) is 16.8 Å². The first-order valence-electron chi connectivity index (χ1n) is 11.4. The molecule has 1 aromatic heterocycles. The highest BCUT2D eigenvalue weighted by atomic mass is 16.4. The molecular weight excluding hydrogens is 444 g/mol. The van der Waals surface area contributed by atoms with E-state index in [1.165, 1.54) is 18.3 Å². The summed E-state index contributed by atoms with van der Waals surface area (Å²) in [7, 11) is 0. The van der Waals surface area contributed by atoms with Crippen LogP contribution in [0.4, 0.5) is 11.5 Å². The average molecular weight is 471 g/mol. The molecular formula is C27H26N4O4. The van der Waals surface area contributed by atoms with E-state index in [-0.39, 0.29) is 22.7 Å². The van der Waals surface area contributed by atoms with Gasteiger partial charge < -0.3 is 15.7 Å². The first kappa shape index (κ1) is 22.6. The average Bonchev–Trinajstić information content (AvgIpc) is 3.20. The third-order valence-electron chi connectivity index (χ3n) is 6.50. The van der Waals surface area contributed by atoms with Crippen LogP contribution in [0.3, 0.4) is 0 Å². The standard InChI is InChI=1S/C27H26N4O4/c1-15-5-4-6-18(11-15)29-25(33)19-14-28-31-23(16-7-9-17(10-8-16)26(34)35)22-20(30-24(19)31)12-27(2,3)13-21(22)32/h4-11,14,23,30H,12-13H2,1-3H3,(H,29,33)(H,34,35)/t23-/m0/s1. The van der Waals surface area contributed by atoms with Crippen molar-refractivity contribution >= 4 is 29.2 Å². The zero-order chi connectivity index (χ0) is 24.9. The molecule has 8 nitrogen and oxygen atoms in total. The van der Waals surface area contributed by atoms with Gasteiger partial charge in [-0.2, -0.15) is 5.10 Å². The summed E-state index contributed by atoms with van der Waals surface area (Å²) >= 11 is 0. The highest BCUT2D eigenvalue weighted by Gasteiger charge is 2.42. The second-order valence-electron chi connectivity index (χ2n) is 9.96. The fraction of sp³-hybridized carbons (Fsp3) is 0.259. The highest BCUT2D eigenvalue weighted by molar-refractivity contribution is 6.08. The first-order chi connectivity index (χ1) is 16.6. The Bertz CT molecular complexity index is 1400. The smallest absolute Gasteiger partial charge is 0.335 e. The van der Waals surface area contributed by atoms with Gasteiger partial charge in [0.2, 0.25) is 0 Å². The summed E-state index contributed by atoms with van der Waals surface area (Å²) in [5.41, 5.74) is 4.11. The zero-order valence-corrected chi connectivity index (χ0v) is 19.8. The van der Waals surface area contributed by atoms with Crippen molar-refractivity contribution < 1.29 is 19.5 Å². The number of benzene rings is 2.